The number of hydrogen-bond acceptors (Lipinski definition) is 11. The van der Waals surface area contributed by atoms with Gasteiger partial charge in [-0.25, -0.2) is 19.7 Å². The van der Waals surface area contributed by atoms with Crippen LogP contribution >= 0.6 is 11.3 Å². The number of nitrogens with one attached hydrogen (secondary N) is 3. The second-order valence-corrected chi connectivity index (χ2v) is 13.2. The summed E-state index contributed by atoms with van der Waals surface area (Å²) in [6.07, 6.45) is 5.41. The summed E-state index contributed by atoms with van der Waals surface area (Å²) in [7, 11) is 0. The van der Waals surface area contributed by atoms with Crippen molar-refractivity contribution >= 4 is 35.5 Å². The zero-order valence-electron chi connectivity index (χ0n) is 26.3. The number of aliphatic hydroxyl groups is 1. The molecule has 236 valence electrons. The fourth-order valence-corrected chi connectivity index (χ4v) is 4.66. The highest BCUT2D eigenvalue weighted by Crippen LogP contribution is 2.27. The number of aliphatic imine (C=N–C) groups is 1. The largest absolute Gasteiger partial charge is 0.444 e. The highest BCUT2D eigenvalue weighted by atomic mass is 32.1. The maximum atomic E-state index is 12.7. The van der Waals surface area contributed by atoms with Crippen LogP contribution in [0.15, 0.2) is 53.5 Å². The van der Waals surface area contributed by atoms with Gasteiger partial charge in [0, 0.05) is 36.1 Å². The third-order valence-electron chi connectivity index (χ3n) is 6.04. The predicted molar refractivity (Wildman–Crippen MR) is 174 cm³/mol. The first-order chi connectivity index (χ1) is 20.7. The van der Waals surface area contributed by atoms with Crippen LogP contribution in [0.2, 0.25) is 0 Å². The summed E-state index contributed by atoms with van der Waals surface area (Å²) in [5.41, 5.74) is 9.00. The van der Waals surface area contributed by atoms with E-state index in [2.05, 4.69) is 56.7 Å². The van der Waals surface area contributed by atoms with E-state index in [9.17, 15) is 14.7 Å². The highest BCUT2D eigenvalue weighted by molar-refractivity contribution is 7.13. The van der Waals surface area contributed by atoms with Crippen LogP contribution in [0.3, 0.4) is 0 Å². The van der Waals surface area contributed by atoms with Crippen molar-refractivity contribution in [1.29, 1.82) is 0 Å². The molecule has 3 rings (SSSR count). The Balaban J connectivity index is 1.60. The van der Waals surface area contributed by atoms with Crippen LogP contribution in [-0.4, -0.2) is 63.1 Å². The van der Waals surface area contributed by atoms with E-state index >= 15 is 0 Å². The number of thiazole rings is 1. The van der Waals surface area contributed by atoms with Crippen molar-refractivity contribution in [2.45, 2.75) is 72.1 Å². The quantitative estimate of drug-likeness (QED) is 0.195. The van der Waals surface area contributed by atoms with Crippen LogP contribution < -0.4 is 21.7 Å². The maximum absolute atomic E-state index is 12.7. The number of ether oxygens (including phenoxy) is 1. The Morgan fingerprint density at radius 1 is 1.16 bits per heavy atom. The van der Waals surface area contributed by atoms with Crippen molar-refractivity contribution in [3.63, 3.8) is 0 Å². The van der Waals surface area contributed by atoms with Crippen LogP contribution in [0.5, 0.6) is 0 Å². The van der Waals surface area contributed by atoms with Crippen LogP contribution in [0.1, 0.15) is 67.3 Å². The second-order valence-electron chi connectivity index (χ2n) is 12.1. The Bertz CT molecular complexity index is 1500. The number of amides is 2. The van der Waals surface area contributed by atoms with Gasteiger partial charge < -0.3 is 31.5 Å². The average Bonchev–Trinajstić information content (AvgIpc) is 3.46. The second kappa shape index (κ2) is 14.9. The molecular formula is C31H42N8O4S. The van der Waals surface area contributed by atoms with E-state index in [4.69, 9.17) is 10.5 Å². The zero-order chi connectivity index (χ0) is 32.5. The number of nitrogens with two attached hydrogens (primary N) is 1. The van der Waals surface area contributed by atoms with Gasteiger partial charge in [0.25, 0.3) is 5.91 Å². The molecule has 2 amide bonds. The summed E-state index contributed by atoms with van der Waals surface area (Å²) in [5.74, 6) is 0.163. The molecule has 44 heavy (non-hydrogen) atoms. The van der Waals surface area contributed by atoms with E-state index < -0.39 is 17.7 Å². The molecule has 1 aromatic carbocycles. The number of aliphatic hydroxyl groups excluding tert-OH is 1. The molecule has 12 nitrogen and oxygen atoms in total. The van der Waals surface area contributed by atoms with Crippen molar-refractivity contribution in [3.05, 3.63) is 69.6 Å². The topological polar surface area (TPSA) is 177 Å². The summed E-state index contributed by atoms with van der Waals surface area (Å²) in [5, 5.41) is 19.1. The normalized spacial score (nSPS) is 13.0. The monoisotopic (exact) mass is 622 g/mol. The number of allylic oxidation sites excluding steroid dienone is 1. The van der Waals surface area contributed by atoms with E-state index in [0.29, 0.717) is 28.8 Å². The lowest BCUT2D eigenvalue weighted by molar-refractivity contribution is 0.0485. The number of aryl methyl sites for hydroxylation is 1. The summed E-state index contributed by atoms with van der Waals surface area (Å²) in [6, 6.07) is 7.08. The van der Waals surface area contributed by atoms with E-state index in [1.54, 1.807) is 39.2 Å². The standard InChI is InChI=1S/C31H42N8O4S/c1-19-12-20(8-9-21(19)14-35-26(41)25-17-36-27(44-25)30(2,3)4)24-10-11-34-28(39-24)37-22(13-32)15-33-16-23(18-40)38-29(42)43-31(5,6)7/h8-13,15,17,23,40H,14,16,18,32H2,1-7H3,(H,35,41)(H,38,42)(H,34,37,39)/t23-/m0/s1. The van der Waals surface area contributed by atoms with Crippen molar-refractivity contribution in [3.8, 4) is 11.3 Å². The molecule has 6 N–H and O–H groups in total. The van der Waals surface area contributed by atoms with Gasteiger partial charge in [-0.3, -0.25) is 9.79 Å². The molecule has 3 aromatic rings. The van der Waals surface area contributed by atoms with Gasteiger partial charge in [-0.2, -0.15) is 0 Å². The number of hydrogen-bond donors (Lipinski definition) is 5. The molecule has 13 heteroatoms. The third-order valence-corrected chi connectivity index (χ3v) is 7.46. The Hall–Kier alpha value is -4.36. The minimum absolute atomic E-state index is 0.101. The first-order valence-corrected chi connectivity index (χ1v) is 15.0. The molecule has 0 spiro atoms. The van der Waals surface area contributed by atoms with Gasteiger partial charge in [0.2, 0.25) is 5.95 Å². The van der Waals surface area contributed by atoms with Gasteiger partial charge in [0.15, 0.2) is 0 Å². The molecule has 0 bridgehead atoms. The predicted octanol–water partition coefficient (Wildman–Crippen LogP) is 4.30. The molecule has 1 atom stereocenters. The lowest BCUT2D eigenvalue weighted by atomic mass is 9.98. The van der Waals surface area contributed by atoms with Crippen molar-refractivity contribution in [2.24, 2.45) is 10.7 Å². The minimum Gasteiger partial charge on any atom is -0.444 e. The lowest BCUT2D eigenvalue weighted by Gasteiger charge is -2.22. The van der Waals surface area contributed by atoms with Crippen molar-refractivity contribution in [2.75, 3.05) is 18.5 Å². The lowest BCUT2D eigenvalue weighted by Crippen LogP contribution is -2.42. The number of nitrogens with zero attached hydrogens (tertiary/aromatic N) is 4. The van der Waals surface area contributed by atoms with E-state index in [1.165, 1.54) is 23.8 Å². The van der Waals surface area contributed by atoms with Gasteiger partial charge in [-0.15, -0.1) is 11.3 Å². The number of rotatable bonds is 11. The van der Waals surface area contributed by atoms with Gasteiger partial charge in [-0.05, 0) is 51.0 Å². The number of aromatic nitrogens is 3. The molecule has 0 radical (unpaired) electrons. The maximum Gasteiger partial charge on any atom is 0.408 e. The van der Waals surface area contributed by atoms with Gasteiger partial charge in [-0.1, -0.05) is 32.9 Å². The minimum atomic E-state index is -0.654. The fraction of sp³-hybridized carbons (Fsp3) is 0.419. The SMILES string of the molecule is Cc1cc(-c2ccnc(NC(C=NC[C@@H](CO)NC(=O)OC(C)(C)C)=CN)n2)ccc1CNC(=O)c1cnc(C(C)(C)C)s1. The Kier molecular flexibility index (Phi) is 11.5. The molecule has 0 fully saturated rings. The molecule has 0 saturated carbocycles. The van der Waals surface area contributed by atoms with Crippen LogP contribution in [0.25, 0.3) is 11.3 Å². The Labute approximate surface area is 262 Å². The van der Waals surface area contributed by atoms with Crippen LogP contribution in [0.4, 0.5) is 10.7 Å². The van der Waals surface area contributed by atoms with Crippen LogP contribution in [-0.2, 0) is 16.7 Å². The number of anilines is 1. The third kappa shape index (κ3) is 10.4. The van der Waals surface area contributed by atoms with Crippen molar-refractivity contribution in [1.82, 2.24) is 25.6 Å². The number of alkyl carbamates (subject to hydrolysis) is 1. The molecule has 0 unspecified atom stereocenters. The first kappa shape index (κ1) is 34.1. The summed E-state index contributed by atoms with van der Waals surface area (Å²) in [4.78, 5) is 42.8. The van der Waals surface area contributed by atoms with Gasteiger partial charge in [0.1, 0.15) is 10.5 Å². The van der Waals surface area contributed by atoms with Gasteiger partial charge in [0.05, 0.1) is 41.8 Å². The summed E-state index contributed by atoms with van der Waals surface area (Å²) >= 11 is 1.41. The average molecular weight is 623 g/mol. The van der Waals surface area contributed by atoms with Crippen molar-refractivity contribution < 1.29 is 19.4 Å². The molecule has 2 heterocycles. The molecule has 0 aliphatic carbocycles. The Morgan fingerprint density at radius 3 is 2.52 bits per heavy atom. The van der Waals surface area contributed by atoms with Crippen LogP contribution in [0, 0.1) is 6.92 Å². The number of carbonyl (C=O) groups is 2. The zero-order valence-corrected chi connectivity index (χ0v) is 27.1. The Morgan fingerprint density at radius 2 is 1.91 bits per heavy atom. The smallest absolute Gasteiger partial charge is 0.408 e. The number of benzene rings is 1. The van der Waals surface area contributed by atoms with E-state index in [1.807, 2.05) is 25.1 Å². The molecule has 0 aliphatic rings. The molecule has 2 aromatic heterocycles. The fourth-order valence-electron chi connectivity index (χ4n) is 3.77. The van der Waals surface area contributed by atoms with E-state index in [-0.39, 0.29) is 24.5 Å². The molecule has 0 saturated heterocycles. The molecular weight excluding hydrogens is 580 g/mol. The van der Waals surface area contributed by atoms with Gasteiger partial charge >= 0.3 is 6.09 Å². The molecule has 0 aliphatic heterocycles. The highest BCUT2D eigenvalue weighted by Gasteiger charge is 2.21. The first-order valence-electron chi connectivity index (χ1n) is 14.1. The summed E-state index contributed by atoms with van der Waals surface area (Å²) in [6.45, 7) is 13.6. The summed E-state index contributed by atoms with van der Waals surface area (Å²) < 4.78 is 5.22. The number of carbonyl (C=O) groups excluding carboxylic acids is 2. The van der Waals surface area contributed by atoms with E-state index in [0.717, 1.165) is 21.7 Å².